The highest BCUT2D eigenvalue weighted by Gasteiger charge is 2.20. The summed E-state index contributed by atoms with van der Waals surface area (Å²) in [5.74, 6) is 1.83. The first-order valence-corrected chi connectivity index (χ1v) is 19.7. The number of para-hydroxylation sites is 1. The van der Waals surface area contributed by atoms with Crippen LogP contribution in [0.15, 0.2) is 185 Å². The van der Waals surface area contributed by atoms with Crippen LogP contribution in [0.5, 0.6) is 0 Å². The van der Waals surface area contributed by atoms with Gasteiger partial charge in [-0.3, -0.25) is 0 Å². The van der Waals surface area contributed by atoms with Gasteiger partial charge in [-0.15, -0.1) is 11.3 Å². The van der Waals surface area contributed by atoms with Crippen LogP contribution >= 0.6 is 11.3 Å². The molecule has 4 aromatic heterocycles. The van der Waals surface area contributed by atoms with E-state index in [4.69, 9.17) is 23.8 Å². The summed E-state index contributed by atoms with van der Waals surface area (Å²) >= 11 is 1.84. The van der Waals surface area contributed by atoms with Gasteiger partial charge in [0.2, 0.25) is 0 Å². The van der Waals surface area contributed by atoms with Crippen molar-refractivity contribution in [2.45, 2.75) is 0 Å². The Kier molecular flexibility index (Phi) is 7.03. The molecule has 0 fully saturated rings. The Balaban J connectivity index is 0.988. The normalized spacial score (nSPS) is 11.9. The molecule has 0 bridgehead atoms. The number of hydrogen-bond donors (Lipinski definition) is 0. The number of nitrogens with zero attached hydrogens (tertiary/aromatic N) is 3. The summed E-state index contributed by atoms with van der Waals surface area (Å²) in [5.41, 5.74) is 10.5. The SMILES string of the molecule is c1ccc(-c2nc(-c3ccccc3)nc(-c3ccc4c(c3)oc3ccc(-c5ccc(-c6ccc7sc8ccccc8c7c6)c6c5oc5ccccc56)cc34)n2)cc1. The van der Waals surface area contributed by atoms with Crippen molar-refractivity contribution in [1.29, 1.82) is 0 Å². The van der Waals surface area contributed by atoms with E-state index in [1.807, 2.05) is 84.1 Å². The Morgan fingerprint density at radius 2 is 0.912 bits per heavy atom. The minimum atomic E-state index is 0.587. The Bertz CT molecular complexity index is 3470. The van der Waals surface area contributed by atoms with Gasteiger partial charge in [0.15, 0.2) is 17.5 Å². The highest BCUT2D eigenvalue weighted by molar-refractivity contribution is 7.25. The molecule has 12 rings (SSSR count). The van der Waals surface area contributed by atoms with Crippen molar-refractivity contribution in [3.63, 3.8) is 0 Å². The van der Waals surface area contributed by atoms with Crippen LogP contribution in [0.4, 0.5) is 0 Å². The minimum Gasteiger partial charge on any atom is -0.456 e. The number of aromatic nitrogens is 3. The van der Waals surface area contributed by atoms with E-state index in [0.29, 0.717) is 17.5 Å². The standard InChI is InChI=1S/C51H29N3O2S/c1-3-11-30(12-4-1)49-52-50(31-13-5-2-6-14-31)54-51(53-49)34-19-22-37-40-27-33(20-25-43(40)55-44(37)29-34)36-24-23-35(47-39-16-7-9-17-42(39)56-48(36)47)32-21-26-46-41(28-32)38-15-8-10-18-45(38)57-46/h1-29H. The minimum absolute atomic E-state index is 0.587. The van der Waals surface area contributed by atoms with Crippen LogP contribution in [0.1, 0.15) is 0 Å². The van der Waals surface area contributed by atoms with Gasteiger partial charge in [-0.2, -0.15) is 0 Å². The first kappa shape index (κ1) is 31.9. The maximum Gasteiger partial charge on any atom is 0.164 e. The average Bonchev–Trinajstić information content (AvgIpc) is 3.97. The molecule has 0 saturated carbocycles. The lowest BCUT2D eigenvalue weighted by atomic mass is 9.93. The lowest BCUT2D eigenvalue weighted by Crippen LogP contribution is -2.00. The quantitative estimate of drug-likeness (QED) is 0.175. The van der Waals surface area contributed by atoms with Crippen molar-refractivity contribution < 1.29 is 8.83 Å². The molecule has 266 valence electrons. The highest BCUT2D eigenvalue weighted by Crippen LogP contribution is 2.45. The summed E-state index contributed by atoms with van der Waals surface area (Å²) < 4.78 is 15.8. The van der Waals surface area contributed by atoms with Crippen LogP contribution in [0.3, 0.4) is 0 Å². The number of thiophene rings is 1. The summed E-state index contributed by atoms with van der Waals surface area (Å²) in [4.78, 5) is 14.7. The third kappa shape index (κ3) is 5.19. The topological polar surface area (TPSA) is 65.0 Å². The van der Waals surface area contributed by atoms with E-state index in [2.05, 4.69) is 103 Å². The Morgan fingerprint density at radius 1 is 0.333 bits per heavy atom. The number of benzene rings is 8. The lowest BCUT2D eigenvalue weighted by Gasteiger charge is -2.09. The number of rotatable bonds is 5. The van der Waals surface area contributed by atoms with E-state index in [0.717, 1.165) is 77.3 Å². The maximum atomic E-state index is 6.73. The average molecular weight is 748 g/mol. The Morgan fingerprint density at radius 3 is 1.70 bits per heavy atom. The molecule has 5 nitrogen and oxygen atoms in total. The van der Waals surface area contributed by atoms with Crippen LogP contribution in [-0.2, 0) is 0 Å². The van der Waals surface area contributed by atoms with Gasteiger partial charge in [-0.1, -0.05) is 121 Å². The zero-order chi connectivity index (χ0) is 37.5. The first-order valence-electron chi connectivity index (χ1n) is 18.9. The number of hydrogen-bond acceptors (Lipinski definition) is 6. The van der Waals surface area contributed by atoms with Gasteiger partial charge in [0.25, 0.3) is 0 Å². The number of furan rings is 2. The third-order valence-electron chi connectivity index (χ3n) is 11.0. The predicted octanol–water partition coefficient (Wildman–Crippen LogP) is 14.4. The molecule has 0 radical (unpaired) electrons. The van der Waals surface area contributed by atoms with Crippen LogP contribution in [0.2, 0.25) is 0 Å². The fraction of sp³-hybridized carbons (Fsp3) is 0. The first-order chi connectivity index (χ1) is 28.2. The molecule has 0 saturated heterocycles. The molecule has 0 N–H and O–H groups in total. The molecular formula is C51H29N3O2S. The van der Waals surface area contributed by atoms with E-state index in [1.165, 1.54) is 25.7 Å². The van der Waals surface area contributed by atoms with Crippen molar-refractivity contribution in [3.8, 4) is 56.4 Å². The molecule has 0 amide bonds. The highest BCUT2D eigenvalue weighted by atomic mass is 32.1. The monoisotopic (exact) mass is 747 g/mol. The van der Waals surface area contributed by atoms with Gasteiger partial charge in [0, 0.05) is 64.0 Å². The molecule has 0 aliphatic rings. The van der Waals surface area contributed by atoms with Gasteiger partial charge in [0.05, 0.1) is 0 Å². The zero-order valence-corrected chi connectivity index (χ0v) is 31.1. The third-order valence-corrected chi connectivity index (χ3v) is 12.1. The smallest absolute Gasteiger partial charge is 0.164 e. The predicted molar refractivity (Wildman–Crippen MR) is 234 cm³/mol. The number of fused-ring (bicyclic) bond motifs is 9. The second kappa shape index (κ2) is 12.6. The van der Waals surface area contributed by atoms with Gasteiger partial charge >= 0.3 is 0 Å². The van der Waals surface area contributed by atoms with E-state index in [1.54, 1.807) is 0 Å². The van der Waals surface area contributed by atoms with Gasteiger partial charge in [-0.25, -0.2) is 15.0 Å². The summed E-state index contributed by atoms with van der Waals surface area (Å²) in [7, 11) is 0. The molecule has 57 heavy (non-hydrogen) atoms. The summed E-state index contributed by atoms with van der Waals surface area (Å²) in [6, 6.07) is 61.0. The largest absolute Gasteiger partial charge is 0.456 e. The van der Waals surface area contributed by atoms with Crippen molar-refractivity contribution >= 4 is 75.4 Å². The second-order valence-electron chi connectivity index (χ2n) is 14.3. The molecule has 0 aliphatic carbocycles. The van der Waals surface area contributed by atoms with Crippen LogP contribution in [0.25, 0.3) is 120 Å². The van der Waals surface area contributed by atoms with Crippen molar-refractivity contribution in [1.82, 2.24) is 15.0 Å². The Labute approximate surface area is 330 Å². The fourth-order valence-electron chi connectivity index (χ4n) is 8.21. The summed E-state index contributed by atoms with van der Waals surface area (Å²) in [5, 5.41) is 6.84. The molecule has 8 aromatic carbocycles. The summed E-state index contributed by atoms with van der Waals surface area (Å²) in [6.45, 7) is 0. The molecule has 0 spiro atoms. The van der Waals surface area contributed by atoms with E-state index in [9.17, 15) is 0 Å². The van der Waals surface area contributed by atoms with E-state index >= 15 is 0 Å². The fourth-order valence-corrected chi connectivity index (χ4v) is 9.30. The van der Waals surface area contributed by atoms with Crippen LogP contribution < -0.4 is 0 Å². The van der Waals surface area contributed by atoms with Gasteiger partial charge in [0.1, 0.15) is 22.3 Å². The van der Waals surface area contributed by atoms with Crippen molar-refractivity contribution in [3.05, 3.63) is 176 Å². The maximum absolute atomic E-state index is 6.73. The van der Waals surface area contributed by atoms with Crippen molar-refractivity contribution in [2.24, 2.45) is 0 Å². The van der Waals surface area contributed by atoms with Crippen LogP contribution in [0, 0.1) is 0 Å². The lowest BCUT2D eigenvalue weighted by molar-refractivity contribution is 0.668. The molecule has 0 atom stereocenters. The molecule has 0 unspecified atom stereocenters. The second-order valence-corrected chi connectivity index (χ2v) is 15.4. The van der Waals surface area contributed by atoms with Gasteiger partial charge in [-0.05, 0) is 71.3 Å². The van der Waals surface area contributed by atoms with E-state index < -0.39 is 0 Å². The van der Waals surface area contributed by atoms with Gasteiger partial charge < -0.3 is 8.83 Å². The zero-order valence-electron chi connectivity index (χ0n) is 30.3. The molecule has 0 aliphatic heterocycles. The van der Waals surface area contributed by atoms with E-state index in [-0.39, 0.29) is 0 Å². The Hall–Kier alpha value is -7.41. The van der Waals surface area contributed by atoms with Crippen molar-refractivity contribution in [2.75, 3.05) is 0 Å². The van der Waals surface area contributed by atoms with Crippen LogP contribution in [-0.4, -0.2) is 15.0 Å². The molecular weight excluding hydrogens is 719 g/mol. The molecule has 12 aromatic rings. The summed E-state index contributed by atoms with van der Waals surface area (Å²) in [6.07, 6.45) is 0. The molecule has 6 heteroatoms. The molecule has 4 heterocycles.